The van der Waals surface area contributed by atoms with Crippen LogP contribution < -0.4 is 18.9 Å². The molecule has 5 rings (SSSR count). The van der Waals surface area contributed by atoms with Gasteiger partial charge in [0.05, 0.1) is 4.90 Å². The molecule has 8 nitrogen and oxygen atoms in total. The number of hydrogen-bond donors (Lipinski definition) is 1. The summed E-state index contributed by atoms with van der Waals surface area (Å²) >= 11 is 0. The first-order valence-corrected chi connectivity index (χ1v) is 13.2. The zero-order chi connectivity index (χ0) is 25.1. The zero-order valence-electron chi connectivity index (χ0n) is 19.9. The Kier molecular flexibility index (Phi) is 7.10. The second-order valence-corrected chi connectivity index (χ2v) is 10.6. The van der Waals surface area contributed by atoms with Gasteiger partial charge in [-0.05, 0) is 73.3 Å². The number of nitrogens with one attached hydrogen (secondary N) is 1. The Morgan fingerprint density at radius 1 is 0.917 bits per heavy atom. The molecular formula is C26H28FN3O5S. The Hall–Kier alpha value is -3.18. The van der Waals surface area contributed by atoms with Crippen molar-refractivity contribution in [3.8, 4) is 23.0 Å². The predicted octanol–water partition coefficient (Wildman–Crippen LogP) is 3.61. The highest BCUT2D eigenvalue weighted by Gasteiger charge is 2.27. The van der Waals surface area contributed by atoms with Crippen molar-refractivity contribution in [3.63, 3.8) is 0 Å². The summed E-state index contributed by atoms with van der Waals surface area (Å²) in [7, 11) is -1.69. The third-order valence-electron chi connectivity index (χ3n) is 6.41. The van der Waals surface area contributed by atoms with E-state index in [2.05, 4.69) is 21.6 Å². The Labute approximate surface area is 210 Å². The Morgan fingerprint density at radius 3 is 2.25 bits per heavy atom. The number of halogens is 1. The van der Waals surface area contributed by atoms with Crippen LogP contribution in [-0.4, -0.2) is 64.8 Å². The zero-order valence-corrected chi connectivity index (χ0v) is 20.7. The average Bonchev–Trinajstić information content (AvgIpc) is 3.35. The molecule has 190 valence electrons. The molecule has 2 aliphatic rings. The third kappa shape index (κ3) is 5.62. The van der Waals surface area contributed by atoms with Crippen molar-refractivity contribution < 1.29 is 27.0 Å². The van der Waals surface area contributed by atoms with Gasteiger partial charge in [-0.2, -0.15) is 0 Å². The van der Waals surface area contributed by atoms with Gasteiger partial charge in [0.25, 0.3) is 0 Å². The second kappa shape index (κ2) is 10.4. The molecule has 2 aliphatic heterocycles. The van der Waals surface area contributed by atoms with Crippen LogP contribution in [-0.2, 0) is 10.0 Å². The van der Waals surface area contributed by atoms with E-state index in [1.807, 2.05) is 18.2 Å². The van der Waals surface area contributed by atoms with Crippen molar-refractivity contribution in [2.24, 2.45) is 0 Å². The van der Waals surface area contributed by atoms with E-state index in [0.29, 0.717) is 23.0 Å². The van der Waals surface area contributed by atoms with Crippen molar-refractivity contribution in [3.05, 3.63) is 78.1 Å². The normalized spacial score (nSPS) is 17.2. The van der Waals surface area contributed by atoms with E-state index >= 15 is 0 Å². The Morgan fingerprint density at radius 2 is 1.56 bits per heavy atom. The minimum Gasteiger partial charge on any atom is -0.457 e. The summed E-state index contributed by atoms with van der Waals surface area (Å²) in [4.78, 5) is 4.68. The molecule has 36 heavy (non-hydrogen) atoms. The second-order valence-electron chi connectivity index (χ2n) is 8.85. The van der Waals surface area contributed by atoms with E-state index in [-0.39, 0.29) is 30.1 Å². The number of nitrogens with zero attached hydrogens (tertiary/aromatic N) is 2. The first kappa shape index (κ1) is 24.5. The van der Waals surface area contributed by atoms with Crippen molar-refractivity contribution in [1.82, 2.24) is 14.5 Å². The van der Waals surface area contributed by atoms with Crippen LogP contribution in [0, 0.1) is 5.82 Å². The molecule has 3 aromatic carbocycles. The monoisotopic (exact) mass is 513 g/mol. The van der Waals surface area contributed by atoms with Crippen molar-refractivity contribution >= 4 is 10.0 Å². The van der Waals surface area contributed by atoms with Crippen LogP contribution in [0.25, 0.3) is 0 Å². The van der Waals surface area contributed by atoms with Crippen LogP contribution in [0.5, 0.6) is 23.0 Å². The highest BCUT2D eigenvalue weighted by Crippen LogP contribution is 2.35. The largest absolute Gasteiger partial charge is 0.457 e. The molecule has 0 spiro atoms. The van der Waals surface area contributed by atoms with Crippen LogP contribution in [0.15, 0.2) is 71.6 Å². The summed E-state index contributed by atoms with van der Waals surface area (Å²) in [5.74, 6) is 1.93. The highest BCUT2D eigenvalue weighted by atomic mass is 32.2. The minimum absolute atomic E-state index is 0.136. The van der Waals surface area contributed by atoms with E-state index in [4.69, 9.17) is 14.2 Å². The molecule has 0 bridgehead atoms. The van der Waals surface area contributed by atoms with E-state index in [9.17, 15) is 12.8 Å². The summed E-state index contributed by atoms with van der Waals surface area (Å²) in [6.07, 6.45) is 0. The van der Waals surface area contributed by atoms with Crippen LogP contribution >= 0.6 is 0 Å². The molecule has 0 aromatic heterocycles. The standard InChI is InChI=1S/C26H28FN3O5S/c1-29-12-14-30(15-13-29)24(19-2-11-25-26(16-19)34-18-33-25)17-28-36(31,32)23-9-7-22(8-10-23)35-21-5-3-20(27)4-6-21/h2-11,16,24,28H,12-15,17-18H2,1H3. The lowest BCUT2D eigenvalue weighted by Crippen LogP contribution is -2.48. The third-order valence-corrected chi connectivity index (χ3v) is 7.85. The fourth-order valence-electron chi connectivity index (χ4n) is 4.31. The van der Waals surface area contributed by atoms with Gasteiger partial charge in [0.15, 0.2) is 11.5 Å². The van der Waals surface area contributed by atoms with E-state index in [1.165, 1.54) is 36.4 Å². The summed E-state index contributed by atoms with van der Waals surface area (Å²) in [5.41, 5.74) is 0.967. The molecule has 1 unspecified atom stereocenters. The number of piperazine rings is 1. The van der Waals surface area contributed by atoms with Crippen LogP contribution in [0.4, 0.5) is 4.39 Å². The van der Waals surface area contributed by atoms with Crippen molar-refractivity contribution in [2.45, 2.75) is 10.9 Å². The topological polar surface area (TPSA) is 80.3 Å². The van der Waals surface area contributed by atoms with Gasteiger partial charge >= 0.3 is 0 Å². The van der Waals surface area contributed by atoms with Crippen LogP contribution in [0.2, 0.25) is 0 Å². The maximum absolute atomic E-state index is 13.1. The number of fused-ring (bicyclic) bond motifs is 1. The molecule has 1 fully saturated rings. The smallest absolute Gasteiger partial charge is 0.240 e. The average molecular weight is 514 g/mol. The number of likely N-dealkylation sites (N-methyl/N-ethyl adjacent to an activating group) is 1. The van der Waals surface area contributed by atoms with Gasteiger partial charge in [-0.15, -0.1) is 0 Å². The van der Waals surface area contributed by atoms with Gasteiger partial charge in [0, 0.05) is 38.8 Å². The van der Waals surface area contributed by atoms with Gasteiger partial charge < -0.3 is 19.1 Å². The fourth-order valence-corrected chi connectivity index (χ4v) is 5.35. The van der Waals surface area contributed by atoms with Gasteiger partial charge in [-0.25, -0.2) is 17.5 Å². The fraction of sp³-hybridized carbons (Fsp3) is 0.308. The number of hydrogen-bond acceptors (Lipinski definition) is 7. The van der Waals surface area contributed by atoms with E-state index in [1.54, 1.807) is 12.1 Å². The quantitative estimate of drug-likeness (QED) is 0.493. The number of ether oxygens (including phenoxy) is 3. The molecule has 1 atom stereocenters. The lowest BCUT2D eigenvalue weighted by Gasteiger charge is -2.38. The molecule has 10 heteroatoms. The predicted molar refractivity (Wildman–Crippen MR) is 132 cm³/mol. The molecular weight excluding hydrogens is 485 g/mol. The maximum atomic E-state index is 13.1. The van der Waals surface area contributed by atoms with Crippen molar-refractivity contribution in [1.29, 1.82) is 0 Å². The first-order chi connectivity index (χ1) is 17.4. The summed E-state index contributed by atoms with van der Waals surface area (Å²) in [5, 5.41) is 0. The SMILES string of the molecule is CN1CCN(C(CNS(=O)(=O)c2ccc(Oc3ccc(F)cc3)cc2)c2ccc3c(c2)OCO3)CC1. The van der Waals surface area contributed by atoms with Crippen LogP contribution in [0.1, 0.15) is 11.6 Å². The maximum Gasteiger partial charge on any atom is 0.240 e. The summed E-state index contributed by atoms with van der Waals surface area (Å²) < 4.78 is 58.8. The molecule has 1 N–H and O–H groups in total. The molecule has 0 aliphatic carbocycles. The highest BCUT2D eigenvalue weighted by molar-refractivity contribution is 7.89. The van der Waals surface area contributed by atoms with Gasteiger partial charge in [-0.1, -0.05) is 6.07 Å². The lowest BCUT2D eigenvalue weighted by atomic mass is 10.0. The lowest BCUT2D eigenvalue weighted by molar-refractivity contribution is 0.112. The Bertz CT molecular complexity index is 1290. The minimum atomic E-state index is -3.77. The molecule has 0 saturated carbocycles. The first-order valence-electron chi connectivity index (χ1n) is 11.7. The summed E-state index contributed by atoms with van der Waals surface area (Å²) in [6, 6.07) is 17.4. The van der Waals surface area contributed by atoms with Crippen molar-refractivity contribution in [2.75, 3.05) is 46.6 Å². The van der Waals surface area contributed by atoms with Gasteiger partial charge in [0.2, 0.25) is 16.8 Å². The number of sulfonamides is 1. The molecule has 2 heterocycles. The van der Waals surface area contributed by atoms with Gasteiger partial charge in [-0.3, -0.25) is 4.90 Å². The molecule has 3 aromatic rings. The molecule has 1 saturated heterocycles. The molecule has 0 radical (unpaired) electrons. The summed E-state index contributed by atoms with van der Waals surface area (Å²) in [6.45, 7) is 3.86. The number of rotatable bonds is 8. The van der Waals surface area contributed by atoms with Gasteiger partial charge in [0.1, 0.15) is 17.3 Å². The van der Waals surface area contributed by atoms with E-state index < -0.39 is 10.0 Å². The number of benzene rings is 3. The Balaban J connectivity index is 1.30. The van der Waals surface area contributed by atoms with E-state index in [0.717, 1.165) is 31.7 Å². The van der Waals surface area contributed by atoms with Crippen LogP contribution in [0.3, 0.4) is 0 Å². The molecule has 0 amide bonds.